The molecule has 7 aliphatic rings. The number of hydrogen-bond donors (Lipinski definition) is 2. The molecule has 0 spiro atoms. The van der Waals surface area contributed by atoms with Crippen molar-refractivity contribution in [3.8, 4) is 0 Å². The zero-order valence-electron chi connectivity index (χ0n) is 30.8. The van der Waals surface area contributed by atoms with Crippen LogP contribution in [0.15, 0.2) is 178 Å². The summed E-state index contributed by atoms with van der Waals surface area (Å²) in [6.45, 7) is 0. The number of hydrogen-bond acceptors (Lipinski definition) is 5. The van der Waals surface area contributed by atoms with Gasteiger partial charge in [-0.3, -0.25) is 0 Å². The van der Waals surface area contributed by atoms with Crippen molar-refractivity contribution in [2.75, 3.05) is 0 Å². The summed E-state index contributed by atoms with van der Waals surface area (Å²) in [5.41, 5.74) is 16.9. The Labute approximate surface area is 323 Å². The van der Waals surface area contributed by atoms with E-state index in [0.29, 0.717) is 5.92 Å². The maximum Gasteiger partial charge on any atom is 0.169 e. The fourth-order valence-corrected chi connectivity index (χ4v) is 9.61. The summed E-state index contributed by atoms with van der Waals surface area (Å²) in [5.74, 6) is 2.28. The van der Waals surface area contributed by atoms with Crippen LogP contribution in [0, 0.1) is 0 Å². The second-order valence-corrected chi connectivity index (χ2v) is 15.6. The second kappa shape index (κ2) is 13.3. The maximum absolute atomic E-state index is 5.22. The fraction of sp³-hybridized carbons (Fsp3) is 0.200. The number of nitrogens with one attached hydrogen (secondary N) is 2. The number of amidine groups is 2. The topological polar surface area (TPSA) is 52.0 Å². The lowest BCUT2D eigenvalue weighted by Crippen LogP contribution is -2.38. The fourth-order valence-electron chi connectivity index (χ4n) is 9.61. The van der Waals surface area contributed by atoms with E-state index in [1.54, 1.807) is 0 Å². The minimum Gasteiger partial charge on any atom is -0.360 e. The molecule has 0 bridgehead atoms. The van der Waals surface area contributed by atoms with Crippen molar-refractivity contribution in [3.63, 3.8) is 0 Å². The molecule has 3 heterocycles. The number of benzene rings is 4. The molecule has 5 heteroatoms. The van der Waals surface area contributed by atoms with Gasteiger partial charge in [0, 0.05) is 28.7 Å². The van der Waals surface area contributed by atoms with Gasteiger partial charge >= 0.3 is 0 Å². The molecule has 4 aliphatic carbocycles. The molecule has 11 rings (SSSR count). The molecule has 4 atom stereocenters. The van der Waals surface area contributed by atoms with Gasteiger partial charge in [0.15, 0.2) is 6.17 Å². The molecule has 4 unspecified atom stereocenters. The highest BCUT2D eigenvalue weighted by atomic mass is 15.4. The van der Waals surface area contributed by atoms with Crippen LogP contribution in [0.4, 0.5) is 0 Å². The van der Waals surface area contributed by atoms with E-state index in [4.69, 9.17) is 9.98 Å². The number of nitrogens with zero attached hydrogens (tertiary/aromatic N) is 3. The van der Waals surface area contributed by atoms with Gasteiger partial charge in [-0.1, -0.05) is 134 Å². The minimum absolute atomic E-state index is 0.0346. The Morgan fingerprint density at radius 2 is 1.56 bits per heavy atom. The van der Waals surface area contributed by atoms with E-state index in [0.717, 1.165) is 66.9 Å². The van der Waals surface area contributed by atoms with Gasteiger partial charge in [0.05, 0.1) is 11.4 Å². The van der Waals surface area contributed by atoms with Gasteiger partial charge in [0.25, 0.3) is 0 Å². The molecule has 0 aromatic heterocycles. The van der Waals surface area contributed by atoms with Crippen molar-refractivity contribution in [2.24, 2.45) is 9.98 Å². The molecule has 0 saturated carbocycles. The number of fused-ring (bicyclic) bond motifs is 6. The van der Waals surface area contributed by atoms with Gasteiger partial charge in [-0.05, 0) is 101 Å². The summed E-state index contributed by atoms with van der Waals surface area (Å²) >= 11 is 0. The minimum atomic E-state index is -0.329. The molecule has 4 aromatic rings. The standard InChI is InChI=1S/C50H43N5/c1-2-14-33(15-3-1)47-52-48(54-49(53-47)38-28-27-32-13-4-5-16-34(32)29-38)37-19-10-17-35(30-37)36-18-11-20-39(31-36)50-51-44-25-12-24-43-41-22-7-6-21-40(41)42-23-8-9-26-45(42)55(50)46(43)44/h1-3,5-11,14-17,19-22,25-31,36,42,47,50-51H,4,12-13,18,23-24H2,(H,52,53,54). The first-order chi connectivity index (χ1) is 27.2. The Morgan fingerprint density at radius 1 is 0.709 bits per heavy atom. The van der Waals surface area contributed by atoms with E-state index in [-0.39, 0.29) is 18.2 Å². The highest BCUT2D eigenvalue weighted by molar-refractivity contribution is 6.16. The average Bonchev–Trinajstić information content (AvgIpc) is 3.61. The molecule has 55 heavy (non-hydrogen) atoms. The van der Waals surface area contributed by atoms with Crippen molar-refractivity contribution in [1.29, 1.82) is 0 Å². The third kappa shape index (κ3) is 5.60. The van der Waals surface area contributed by atoms with Crippen LogP contribution in [0.5, 0.6) is 0 Å². The van der Waals surface area contributed by atoms with Gasteiger partial charge in [0.2, 0.25) is 0 Å². The zero-order valence-corrected chi connectivity index (χ0v) is 30.8. The molecular formula is C50H43N5. The molecular weight excluding hydrogens is 671 g/mol. The largest absolute Gasteiger partial charge is 0.360 e. The normalized spacial score (nSPS) is 24.4. The average molecular weight is 714 g/mol. The SMILES string of the molecule is C1=CCC2C(=C1)N1C3=C(CCC=C3NC1C1=CC(c3cccc(C4=NC(c5ccccc5)N=C(c5ccc6c(c5)C=CCC6)N4)c3)CC=C1)c1ccccc12. The summed E-state index contributed by atoms with van der Waals surface area (Å²) in [7, 11) is 0. The molecule has 1 saturated heterocycles. The molecule has 2 N–H and O–H groups in total. The summed E-state index contributed by atoms with van der Waals surface area (Å²) in [5, 5.41) is 7.69. The molecule has 0 radical (unpaired) electrons. The summed E-state index contributed by atoms with van der Waals surface area (Å²) in [4.78, 5) is 13.0. The van der Waals surface area contributed by atoms with E-state index >= 15 is 0 Å². The molecule has 3 aliphatic heterocycles. The molecule has 0 amide bonds. The first-order valence-corrected chi connectivity index (χ1v) is 20.0. The van der Waals surface area contributed by atoms with Gasteiger partial charge in [-0.25, -0.2) is 9.98 Å². The van der Waals surface area contributed by atoms with Crippen molar-refractivity contribution in [1.82, 2.24) is 15.5 Å². The highest BCUT2D eigenvalue weighted by Gasteiger charge is 2.44. The van der Waals surface area contributed by atoms with Crippen molar-refractivity contribution < 1.29 is 0 Å². The monoisotopic (exact) mass is 713 g/mol. The van der Waals surface area contributed by atoms with E-state index in [1.165, 1.54) is 56.1 Å². The molecule has 5 nitrogen and oxygen atoms in total. The van der Waals surface area contributed by atoms with E-state index in [9.17, 15) is 0 Å². The summed E-state index contributed by atoms with van der Waals surface area (Å²) in [6.07, 6.45) is 27.1. The van der Waals surface area contributed by atoms with Gasteiger partial charge in [0.1, 0.15) is 17.8 Å². The van der Waals surface area contributed by atoms with Crippen molar-refractivity contribution in [3.05, 3.63) is 213 Å². The third-order valence-electron chi connectivity index (χ3n) is 12.3. The van der Waals surface area contributed by atoms with Crippen LogP contribution in [-0.4, -0.2) is 22.7 Å². The Kier molecular flexibility index (Phi) is 7.78. The zero-order chi connectivity index (χ0) is 36.3. The number of aryl methyl sites for hydroxylation is 1. The van der Waals surface area contributed by atoms with Gasteiger partial charge in [-0.2, -0.15) is 0 Å². The van der Waals surface area contributed by atoms with Crippen LogP contribution >= 0.6 is 0 Å². The lowest BCUT2D eigenvalue weighted by Gasteiger charge is -2.35. The summed E-state index contributed by atoms with van der Waals surface area (Å²) < 4.78 is 0. The quantitative estimate of drug-likeness (QED) is 0.217. The maximum atomic E-state index is 5.22. The van der Waals surface area contributed by atoms with Crippen LogP contribution in [0.2, 0.25) is 0 Å². The Balaban J connectivity index is 0.940. The lowest BCUT2D eigenvalue weighted by molar-refractivity contribution is 0.358. The number of allylic oxidation sites excluding steroid dienone is 9. The van der Waals surface area contributed by atoms with E-state index in [2.05, 4.69) is 167 Å². The van der Waals surface area contributed by atoms with E-state index in [1.807, 2.05) is 0 Å². The molecule has 4 aromatic carbocycles. The van der Waals surface area contributed by atoms with Crippen LogP contribution < -0.4 is 10.6 Å². The van der Waals surface area contributed by atoms with Crippen LogP contribution in [-0.2, 0) is 6.42 Å². The highest BCUT2D eigenvalue weighted by Crippen LogP contribution is 2.51. The Morgan fingerprint density at radius 3 is 2.49 bits per heavy atom. The first kappa shape index (κ1) is 32.2. The Bertz CT molecular complexity index is 2520. The lowest BCUT2D eigenvalue weighted by atomic mass is 9.83. The Hall–Kier alpha value is -6.20. The third-order valence-corrected chi connectivity index (χ3v) is 12.3. The molecule has 1 fully saturated rings. The second-order valence-electron chi connectivity index (χ2n) is 15.6. The number of rotatable bonds is 5. The predicted molar refractivity (Wildman–Crippen MR) is 224 cm³/mol. The van der Waals surface area contributed by atoms with Crippen LogP contribution in [0.3, 0.4) is 0 Å². The van der Waals surface area contributed by atoms with E-state index < -0.39 is 0 Å². The smallest absolute Gasteiger partial charge is 0.169 e. The summed E-state index contributed by atoms with van der Waals surface area (Å²) in [6, 6.07) is 35.3. The van der Waals surface area contributed by atoms with Crippen LogP contribution in [0.1, 0.15) is 94.6 Å². The van der Waals surface area contributed by atoms with Gasteiger partial charge < -0.3 is 15.5 Å². The van der Waals surface area contributed by atoms with Gasteiger partial charge in [-0.15, -0.1) is 0 Å². The first-order valence-electron chi connectivity index (χ1n) is 20.0. The van der Waals surface area contributed by atoms with Crippen LogP contribution in [0.25, 0.3) is 11.6 Å². The molecule has 268 valence electrons. The van der Waals surface area contributed by atoms with Crippen molar-refractivity contribution >= 4 is 23.3 Å². The predicted octanol–water partition coefficient (Wildman–Crippen LogP) is 10.4. The van der Waals surface area contributed by atoms with Crippen molar-refractivity contribution in [2.45, 2.75) is 62.7 Å². The number of aliphatic imine (C=N–C) groups is 2.